The van der Waals surface area contributed by atoms with Crippen LogP contribution in [-0.4, -0.2) is 25.3 Å². The van der Waals surface area contributed by atoms with Crippen LogP contribution in [-0.2, 0) is 4.79 Å². The van der Waals surface area contributed by atoms with Crippen molar-refractivity contribution in [1.29, 1.82) is 0 Å². The molecule has 0 unspecified atom stereocenters. The number of hydrogen-bond acceptors (Lipinski definition) is 5. The molecule has 20 heavy (non-hydrogen) atoms. The predicted octanol–water partition coefficient (Wildman–Crippen LogP) is 2.23. The highest BCUT2D eigenvalue weighted by Crippen LogP contribution is 2.47. The Labute approximate surface area is 118 Å². The Morgan fingerprint density at radius 2 is 1.90 bits per heavy atom. The third-order valence-electron chi connectivity index (χ3n) is 3.82. The maximum atomic E-state index is 11.5. The molecule has 0 spiro atoms. The molecule has 108 valence electrons. The lowest BCUT2D eigenvalue weighted by Gasteiger charge is -2.16. The van der Waals surface area contributed by atoms with E-state index in [1.54, 1.807) is 19.1 Å². The molecule has 0 amide bonds. The second-order valence-corrected chi connectivity index (χ2v) is 5.27. The molecule has 2 rings (SSSR count). The van der Waals surface area contributed by atoms with Gasteiger partial charge in [-0.2, -0.15) is 0 Å². The monoisotopic (exact) mass is 277 g/mol. The number of carbonyl (C=O) groups excluding carboxylic acids is 2. The van der Waals surface area contributed by atoms with E-state index in [0.29, 0.717) is 29.4 Å². The maximum Gasteiger partial charge on any atom is 0.163 e. The second kappa shape index (κ2) is 5.15. The number of anilines is 1. The van der Waals surface area contributed by atoms with E-state index in [4.69, 9.17) is 15.2 Å². The van der Waals surface area contributed by atoms with Gasteiger partial charge in [0.1, 0.15) is 12.4 Å². The van der Waals surface area contributed by atoms with E-state index in [9.17, 15) is 9.59 Å². The van der Waals surface area contributed by atoms with E-state index in [1.165, 1.54) is 14.0 Å². The van der Waals surface area contributed by atoms with E-state index in [0.717, 1.165) is 12.8 Å². The van der Waals surface area contributed by atoms with Crippen molar-refractivity contribution >= 4 is 17.3 Å². The Hall–Kier alpha value is -2.04. The molecule has 1 saturated carbocycles. The Bertz CT molecular complexity index is 561. The van der Waals surface area contributed by atoms with Gasteiger partial charge in [-0.1, -0.05) is 0 Å². The van der Waals surface area contributed by atoms with Crippen molar-refractivity contribution in [3.05, 3.63) is 17.7 Å². The first-order valence-corrected chi connectivity index (χ1v) is 6.52. The first-order chi connectivity index (χ1) is 9.39. The summed E-state index contributed by atoms with van der Waals surface area (Å²) >= 11 is 0. The second-order valence-electron chi connectivity index (χ2n) is 5.27. The summed E-state index contributed by atoms with van der Waals surface area (Å²) in [5.74, 6) is 0.922. The van der Waals surface area contributed by atoms with Crippen LogP contribution in [0.1, 0.15) is 37.0 Å². The molecule has 0 heterocycles. The lowest BCUT2D eigenvalue weighted by molar-refractivity contribution is -0.123. The van der Waals surface area contributed by atoms with Gasteiger partial charge in [0.05, 0.1) is 12.5 Å². The van der Waals surface area contributed by atoms with Crippen molar-refractivity contribution in [3.8, 4) is 11.5 Å². The maximum absolute atomic E-state index is 11.5. The van der Waals surface area contributed by atoms with Gasteiger partial charge in [0.15, 0.2) is 17.3 Å². The number of ether oxygens (including phenoxy) is 2. The summed E-state index contributed by atoms with van der Waals surface area (Å²) in [7, 11) is 1.50. The smallest absolute Gasteiger partial charge is 0.163 e. The fourth-order valence-electron chi connectivity index (χ4n) is 2.12. The van der Waals surface area contributed by atoms with E-state index in [1.807, 2.05) is 0 Å². The molecule has 1 fully saturated rings. The minimum atomic E-state index is -0.348. The van der Waals surface area contributed by atoms with Crippen LogP contribution in [0, 0.1) is 5.41 Å². The van der Waals surface area contributed by atoms with Gasteiger partial charge in [0, 0.05) is 17.3 Å². The normalized spacial score (nSPS) is 15.6. The van der Waals surface area contributed by atoms with E-state index >= 15 is 0 Å². The number of carbonyl (C=O) groups is 2. The van der Waals surface area contributed by atoms with Gasteiger partial charge in [-0.05, 0) is 32.8 Å². The molecule has 0 radical (unpaired) electrons. The lowest BCUT2D eigenvalue weighted by atomic mass is 10.0. The number of ketones is 2. The molecule has 1 aliphatic carbocycles. The summed E-state index contributed by atoms with van der Waals surface area (Å²) in [4.78, 5) is 23.0. The molecular weight excluding hydrogens is 258 g/mol. The molecule has 2 N–H and O–H groups in total. The zero-order valence-electron chi connectivity index (χ0n) is 12.0. The fraction of sp³-hybridized carbons (Fsp3) is 0.467. The standard InChI is InChI=1S/C15H19NO4/c1-9(17)11-6-13(19-3)14(7-12(11)16)20-8-15(4-5-15)10(2)18/h6-7H,4-5,8,16H2,1-3H3. The molecular formula is C15H19NO4. The predicted molar refractivity (Wildman–Crippen MR) is 75.3 cm³/mol. The average Bonchev–Trinajstić information content (AvgIpc) is 3.17. The molecule has 5 nitrogen and oxygen atoms in total. The number of rotatable bonds is 6. The minimum Gasteiger partial charge on any atom is -0.493 e. The number of hydrogen-bond donors (Lipinski definition) is 1. The van der Waals surface area contributed by atoms with Crippen molar-refractivity contribution in [2.75, 3.05) is 19.5 Å². The summed E-state index contributed by atoms with van der Waals surface area (Å²) in [6.45, 7) is 3.35. The highest BCUT2D eigenvalue weighted by molar-refractivity contribution is 6.00. The highest BCUT2D eigenvalue weighted by atomic mass is 16.5. The van der Waals surface area contributed by atoms with Gasteiger partial charge in [-0.25, -0.2) is 0 Å². The summed E-state index contributed by atoms with van der Waals surface area (Å²) in [5, 5.41) is 0. The third kappa shape index (κ3) is 2.61. The summed E-state index contributed by atoms with van der Waals surface area (Å²) in [6.07, 6.45) is 1.71. The van der Waals surface area contributed by atoms with Crippen LogP contribution in [0.2, 0.25) is 0 Å². The molecule has 1 aromatic rings. The number of nitrogens with two attached hydrogens (primary N) is 1. The Morgan fingerprint density at radius 3 is 2.35 bits per heavy atom. The van der Waals surface area contributed by atoms with Gasteiger partial charge in [0.2, 0.25) is 0 Å². The summed E-state index contributed by atoms with van der Waals surface area (Å²) in [6, 6.07) is 3.14. The van der Waals surface area contributed by atoms with Crippen LogP contribution in [0.15, 0.2) is 12.1 Å². The van der Waals surface area contributed by atoms with Crippen molar-refractivity contribution < 1.29 is 19.1 Å². The van der Waals surface area contributed by atoms with E-state index in [2.05, 4.69) is 0 Å². The van der Waals surface area contributed by atoms with Crippen LogP contribution in [0.5, 0.6) is 11.5 Å². The average molecular weight is 277 g/mol. The number of Topliss-reactive ketones (excluding diaryl/α,β-unsaturated/α-hetero) is 2. The Morgan fingerprint density at radius 1 is 1.25 bits per heavy atom. The largest absolute Gasteiger partial charge is 0.493 e. The zero-order chi connectivity index (χ0) is 14.9. The van der Waals surface area contributed by atoms with E-state index in [-0.39, 0.29) is 17.0 Å². The lowest BCUT2D eigenvalue weighted by Crippen LogP contribution is -2.21. The van der Waals surface area contributed by atoms with Gasteiger partial charge < -0.3 is 15.2 Å². The first-order valence-electron chi connectivity index (χ1n) is 6.52. The molecule has 0 atom stereocenters. The summed E-state index contributed by atoms with van der Waals surface area (Å²) in [5.41, 5.74) is 6.24. The van der Waals surface area contributed by atoms with Gasteiger partial charge >= 0.3 is 0 Å². The van der Waals surface area contributed by atoms with Crippen LogP contribution in [0.4, 0.5) is 5.69 Å². The highest BCUT2D eigenvalue weighted by Gasteiger charge is 2.48. The van der Waals surface area contributed by atoms with Crippen LogP contribution < -0.4 is 15.2 Å². The quantitative estimate of drug-likeness (QED) is 0.637. The van der Waals surface area contributed by atoms with Crippen molar-refractivity contribution in [2.45, 2.75) is 26.7 Å². The third-order valence-corrected chi connectivity index (χ3v) is 3.82. The van der Waals surface area contributed by atoms with Gasteiger partial charge in [-0.3, -0.25) is 9.59 Å². The summed E-state index contributed by atoms with van der Waals surface area (Å²) < 4.78 is 10.9. The van der Waals surface area contributed by atoms with Crippen molar-refractivity contribution in [3.63, 3.8) is 0 Å². The van der Waals surface area contributed by atoms with Crippen molar-refractivity contribution in [1.82, 2.24) is 0 Å². The molecule has 1 aliphatic rings. The van der Waals surface area contributed by atoms with E-state index < -0.39 is 0 Å². The zero-order valence-corrected chi connectivity index (χ0v) is 12.0. The first kappa shape index (κ1) is 14.4. The van der Waals surface area contributed by atoms with Crippen molar-refractivity contribution in [2.24, 2.45) is 5.41 Å². The van der Waals surface area contributed by atoms with Gasteiger partial charge in [-0.15, -0.1) is 0 Å². The molecule has 0 aromatic heterocycles. The van der Waals surface area contributed by atoms with Gasteiger partial charge in [0.25, 0.3) is 0 Å². The SMILES string of the molecule is COc1cc(C(C)=O)c(N)cc1OCC1(C(C)=O)CC1. The minimum absolute atomic E-state index is 0.130. The number of methoxy groups -OCH3 is 1. The Balaban J connectivity index is 2.21. The molecule has 0 saturated heterocycles. The molecule has 1 aromatic carbocycles. The number of benzene rings is 1. The molecule has 0 bridgehead atoms. The van der Waals surface area contributed by atoms with Crippen LogP contribution in [0.25, 0.3) is 0 Å². The molecule has 5 heteroatoms. The number of nitrogen functional groups attached to an aromatic ring is 1. The molecule has 0 aliphatic heterocycles. The van der Waals surface area contributed by atoms with Crippen LogP contribution in [0.3, 0.4) is 0 Å². The fourth-order valence-corrected chi connectivity index (χ4v) is 2.12. The van der Waals surface area contributed by atoms with Crippen LogP contribution >= 0.6 is 0 Å². The Kier molecular flexibility index (Phi) is 3.70. The topological polar surface area (TPSA) is 78.6 Å².